The Bertz CT molecular complexity index is 813. The molecule has 3 nitrogen and oxygen atoms in total. The molecule has 0 spiro atoms. The molecule has 0 amide bonds. The average Bonchev–Trinajstić information content (AvgIpc) is 2.49. The Morgan fingerprint density at radius 3 is 2.57 bits per heavy atom. The number of hydrogen-bond acceptors (Lipinski definition) is 3. The zero-order valence-corrected chi connectivity index (χ0v) is 11.7. The molecule has 0 saturated heterocycles. The Kier molecular flexibility index (Phi) is 4.36. The lowest BCUT2D eigenvalue weighted by atomic mass is 10.1. The minimum absolute atomic E-state index is 0. The van der Waals surface area contributed by atoms with E-state index in [9.17, 15) is 9.65 Å². The van der Waals surface area contributed by atoms with Crippen LogP contribution in [0.25, 0.3) is 10.9 Å². The van der Waals surface area contributed by atoms with E-state index in [1.54, 1.807) is 6.07 Å². The van der Waals surface area contributed by atoms with Crippen LogP contribution in [-0.2, 0) is 0 Å². The Labute approximate surface area is 127 Å². The molecule has 0 aliphatic carbocycles. The summed E-state index contributed by atoms with van der Waals surface area (Å²) in [6.07, 6.45) is 1.49. The molecule has 0 fully saturated rings. The van der Waals surface area contributed by atoms with Gasteiger partial charge < -0.3 is 5.32 Å². The molecule has 1 N–H and O–H groups in total. The highest BCUT2D eigenvalue weighted by Gasteiger charge is 2.10. The van der Waals surface area contributed by atoms with E-state index in [-0.39, 0.29) is 18.2 Å². The van der Waals surface area contributed by atoms with Gasteiger partial charge in [0.15, 0.2) is 0 Å². The van der Waals surface area contributed by atoms with Crippen LogP contribution in [0, 0.1) is 17.1 Å². The molecule has 0 unspecified atom stereocenters. The van der Waals surface area contributed by atoms with Gasteiger partial charge >= 0.3 is 0 Å². The average molecular weight is 300 g/mol. The second kappa shape index (κ2) is 6.21. The van der Waals surface area contributed by atoms with E-state index in [1.807, 2.05) is 30.3 Å². The minimum Gasteiger partial charge on any atom is -0.354 e. The summed E-state index contributed by atoms with van der Waals surface area (Å²) >= 11 is 0. The zero-order valence-electron chi connectivity index (χ0n) is 10.9. The molecular weight excluding hydrogens is 289 g/mol. The van der Waals surface area contributed by atoms with Crippen molar-refractivity contribution in [2.45, 2.75) is 0 Å². The standard InChI is InChI=1S/C16H10FN3.ClH/c17-12-6-7-15-14(8-12)16(11(9-18)10-19-15)20-13-4-2-1-3-5-13;/h1-8,10H,(H,19,20);1H. The Morgan fingerprint density at radius 2 is 1.86 bits per heavy atom. The third kappa shape index (κ3) is 2.93. The molecule has 0 radical (unpaired) electrons. The number of aromatic nitrogens is 1. The summed E-state index contributed by atoms with van der Waals surface area (Å²) in [5.74, 6) is -0.356. The first-order chi connectivity index (χ1) is 9.78. The lowest BCUT2D eigenvalue weighted by molar-refractivity contribution is 0.629. The van der Waals surface area contributed by atoms with Crippen LogP contribution in [0.15, 0.2) is 54.7 Å². The van der Waals surface area contributed by atoms with Crippen LogP contribution < -0.4 is 5.32 Å². The summed E-state index contributed by atoms with van der Waals surface area (Å²) in [6, 6.07) is 15.9. The summed E-state index contributed by atoms with van der Waals surface area (Å²) in [7, 11) is 0. The second-order valence-corrected chi connectivity index (χ2v) is 4.31. The van der Waals surface area contributed by atoms with Crippen molar-refractivity contribution < 1.29 is 4.39 Å². The van der Waals surface area contributed by atoms with Gasteiger partial charge in [-0.25, -0.2) is 4.39 Å². The Balaban J connectivity index is 0.00000161. The van der Waals surface area contributed by atoms with Crippen molar-refractivity contribution in [2.75, 3.05) is 5.32 Å². The van der Waals surface area contributed by atoms with Crippen molar-refractivity contribution >= 4 is 34.7 Å². The molecule has 0 atom stereocenters. The maximum absolute atomic E-state index is 13.5. The number of para-hydroxylation sites is 1. The third-order valence-corrected chi connectivity index (χ3v) is 2.99. The van der Waals surface area contributed by atoms with Crippen LogP contribution in [-0.4, -0.2) is 4.98 Å². The molecule has 3 rings (SSSR count). The molecule has 1 heterocycles. The van der Waals surface area contributed by atoms with Gasteiger partial charge in [0.1, 0.15) is 11.9 Å². The zero-order chi connectivity index (χ0) is 13.9. The topological polar surface area (TPSA) is 48.7 Å². The number of nitriles is 1. The number of nitrogens with one attached hydrogen (secondary N) is 1. The fourth-order valence-corrected chi connectivity index (χ4v) is 2.05. The molecule has 0 aliphatic rings. The van der Waals surface area contributed by atoms with Crippen molar-refractivity contribution in [3.05, 3.63) is 66.1 Å². The van der Waals surface area contributed by atoms with E-state index in [0.717, 1.165) is 5.69 Å². The number of rotatable bonds is 2. The van der Waals surface area contributed by atoms with Crippen molar-refractivity contribution in [1.29, 1.82) is 5.26 Å². The molecule has 0 saturated carbocycles. The van der Waals surface area contributed by atoms with Crippen molar-refractivity contribution in [3.63, 3.8) is 0 Å². The SMILES string of the molecule is Cl.N#Cc1cnc2ccc(F)cc2c1Nc1ccccc1. The van der Waals surface area contributed by atoms with Gasteiger partial charge in [-0.3, -0.25) is 4.98 Å². The van der Waals surface area contributed by atoms with Crippen LogP contribution in [0.4, 0.5) is 15.8 Å². The number of halogens is 2. The maximum atomic E-state index is 13.5. The van der Waals surface area contributed by atoms with Crippen LogP contribution in [0.3, 0.4) is 0 Å². The molecule has 2 aromatic carbocycles. The Morgan fingerprint density at radius 1 is 1.10 bits per heavy atom. The van der Waals surface area contributed by atoms with E-state index < -0.39 is 0 Å². The van der Waals surface area contributed by atoms with Crippen molar-refractivity contribution in [3.8, 4) is 6.07 Å². The quantitative estimate of drug-likeness (QED) is 0.762. The minimum atomic E-state index is -0.356. The van der Waals surface area contributed by atoms with Gasteiger partial charge in [-0.2, -0.15) is 5.26 Å². The summed E-state index contributed by atoms with van der Waals surface area (Å²) in [5, 5.41) is 13.0. The molecular formula is C16H11ClFN3. The van der Waals surface area contributed by atoms with E-state index in [0.29, 0.717) is 22.2 Å². The van der Waals surface area contributed by atoms with Gasteiger partial charge in [0, 0.05) is 17.3 Å². The monoisotopic (exact) mass is 299 g/mol. The maximum Gasteiger partial charge on any atom is 0.124 e. The lowest BCUT2D eigenvalue weighted by Crippen LogP contribution is -1.97. The molecule has 1 aromatic heterocycles. The summed E-state index contributed by atoms with van der Waals surface area (Å²) in [5.41, 5.74) is 2.43. The van der Waals surface area contributed by atoms with E-state index in [4.69, 9.17) is 0 Å². The lowest BCUT2D eigenvalue weighted by Gasteiger charge is -2.11. The molecule has 0 aliphatic heterocycles. The van der Waals surface area contributed by atoms with E-state index >= 15 is 0 Å². The van der Waals surface area contributed by atoms with Crippen molar-refractivity contribution in [2.24, 2.45) is 0 Å². The first-order valence-corrected chi connectivity index (χ1v) is 6.08. The van der Waals surface area contributed by atoms with Gasteiger partial charge in [-0.15, -0.1) is 12.4 Å². The van der Waals surface area contributed by atoms with Crippen LogP contribution in [0.2, 0.25) is 0 Å². The highest BCUT2D eigenvalue weighted by Crippen LogP contribution is 2.29. The highest BCUT2D eigenvalue weighted by molar-refractivity contribution is 5.95. The van der Waals surface area contributed by atoms with Crippen LogP contribution >= 0.6 is 12.4 Å². The number of hydrogen-bond donors (Lipinski definition) is 1. The normalized spacial score (nSPS) is 9.71. The van der Waals surface area contributed by atoms with Crippen LogP contribution in [0.1, 0.15) is 5.56 Å². The summed E-state index contributed by atoms with van der Waals surface area (Å²) in [6.45, 7) is 0. The number of anilines is 2. The molecule has 104 valence electrons. The predicted octanol–water partition coefficient (Wildman–Crippen LogP) is 4.41. The predicted molar refractivity (Wildman–Crippen MR) is 83.4 cm³/mol. The van der Waals surface area contributed by atoms with Gasteiger partial charge in [0.05, 0.1) is 16.8 Å². The van der Waals surface area contributed by atoms with E-state index in [1.165, 1.54) is 18.3 Å². The van der Waals surface area contributed by atoms with Crippen LogP contribution in [0.5, 0.6) is 0 Å². The first kappa shape index (κ1) is 14.8. The number of pyridine rings is 1. The molecule has 3 aromatic rings. The van der Waals surface area contributed by atoms with Gasteiger partial charge in [0.25, 0.3) is 0 Å². The Hall–Kier alpha value is -2.64. The molecule has 5 heteroatoms. The van der Waals surface area contributed by atoms with Gasteiger partial charge in [-0.1, -0.05) is 18.2 Å². The second-order valence-electron chi connectivity index (χ2n) is 4.31. The van der Waals surface area contributed by atoms with E-state index in [2.05, 4.69) is 16.4 Å². The molecule has 0 bridgehead atoms. The molecule has 21 heavy (non-hydrogen) atoms. The van der Waals surface area contributed by atoms with Gasteiger partial charge in [0.2, 0.25) is 0 Å². The number of fused-ring (bicyclic) bond motifs is 1. The van der Waals surface area contributed by atoms with Gasteiger partial charge in [-0.05, 0) is 30.3 Å². The highest BCUT2D eigenvalue weighted by atomic mass is 35.5. The fourth-order valence-electron chi connectivity index (χ4n) is 2.05. The largest absolute Gasteiger partial charge is 0.354 e. The number of nitrogens with zero attached hydrogens (tertiary/aromatic N) is 2. The smallest absolute Gasteiger partial charge is 0.124 e. The fraction of sp³-hybridized carbons (Fsp3) is 0. The first-order valence-electron chi connectivity index (χ1n) is 6.08. The van der Waals surface area contributed by atoms with Crippen molar-refractivity contribution in [1.82, 2.24) is 4.98 Å². The summed E-state index contributed by atoms with van der Waals surface area (Å²) in [4.78, 5) is 4.17. The number of benzene rings is 2. The third-order valence-electron chi connectivity index (χ3n) is 2.99. The summed E-state index contributed by atoms with van der Waals surface area (Å²) < 4.78 is 13.5.